The molecule has 1 fully saturated rings. The number of hydrogen-bond acceptors (Lipinski definition) is 3. The highest BCUT2D eigenvalue weighted by molar-refractivity contribution is 7.98. The zero-order chi connectivity index (χ0) is 6.04. The summed E-state index contributed by atoms with van der Waals surface area (Å²) in [5.74, 6) is 1.23. The summed E-state index contributed by atoms with van der Waals surface area (Å²) >= 11 is 1.89. The Morgan fingerprint density at radius 1 is 1.50 bits per heavy atom. The smallest absolute Gasteiger partial charge is 0.0923 e. The molecule has 1 heterocycles. The molecule has 0 saturated carbocycles. The predicted molar refractivity (Wildman–Crippen MR) is 37.7 cm³/mol. The van der Waals surface area contributed by atoms with Crippen molar-refractivity contribution in [3.05, 3.63) is 0 Å². The normalized spacial score (nSPS) is 23.2. The van der Waals surface area contributed by atoms with Crippen molar-refractivity contribution in [1.29, 1.82) is 0 Å². The quantitative estimate of drug-likeness (QED) is 0.552. The van der Waals surface area contributed by atoms with Crippen molar-refractivity contribution in [3.8, 4) is 0 Å². The van der Waals surface area contributed by atoms with E-state index >= 15 is 0 Å². The average molecular weight is 132 g/mol. The summed E-state index contributed by atoms with van der Waals surface area (Å²) in [6, 6.07) is 0. The van der Waals surface area contributed by atoms with E-state index in [9.17, 15) is 0 Å². The molecule has 0 aliphatic carbocycles. The van der Waals surface area contributed by atoms with E-state index in [0.29, 0.717) is 0 Å². The van der Waals surface area contributed by atoms with Crippen molar-refractivity contribution < 1.29 is 0 Å². The molecule has 0 radical (unpaired) electrons. The van der Waals surface area contributed by atoms with Crippen LogP contribution in [0.5, 0.6) is 0 Å². The van der Waals surface area contributed by atoms with Gasteiger partial charge in [-0.1, -0.05) is 0 Å². The molecular formula is C5H12N2S. The maximum atomic E-state index is 3.08. The molecule has 3 heteroatoms. The lowest BCUT2D eigenvalue weighted by Gasteiger charge is -1.99. The highest BCUT2D eigenvalue weighted by atomic mass is 32.2. The largest absolute Gasteiger partial charge is 0.235 e. The lowest BCUT2D eigenvalue weighted by atomic mass is 10.2. The SMILES string of the molecule is CSCCC1(C)NN1. The molecular weight excluding hydrogens is 120 g/mol. The van der Waals surface area contributed by atoms with Crippen molar-refractivity contribution in [2.75, 3.05) is 12.0 Å². The third kappa shape index (κ3) is 1.65. The van der Waals surface area contributed by atoms with Gasteiger partial charge in [0.15, 0.2) is 0 Å². The summed E-state index contributed by atoms with van der Waals surface area (Å²) in [4.78, 5) is 0. The summed E-state index contributed by atoms with van der Waals surface area (Å²) in [6.07, 6.45) is 3.35. The fourth-order valence-electron chi connectivity index (χ4n) is 0.538. The van der Waals surface area contributed by atoms with Gasteiger partial charge < -0.3 is 0 Å². The summed E-state index contributed by atoms with van der Waals surface area (Å²) in [6.45, 7) is 2.17. The molecule has 8 heavy (non-hydrogen) atoms. The van der Waals surface area contributed by atoms with E-state index < -0.39 is 0 Å². The van der Waals surface area contributed by atoms with E-state index in [2.05, 4.69) is 24.0 Å². The van der Waals surface area contributed by atoms with Crippen LogP contribution in [-0.2, 0) is 0 Å². The molecule has 1 aliphatic heterocycles. The molecule has 1 rings (SSSR count). The third-order valence-corrected chi connectivity index (χ3v) is 1.97. The van der Waals surface area contributed by atoms with Gasteiger partial charge in [0.1, 0.15) is 0 Å². The third-order valence-electron chi connectivity index (χ3n) is 1.36. The highest BCUT2D eigenvalue weighted by Crippen LogP contribution is 2.15. The topological polar surface area (TPSA) is 43.9 Å². The molecule has 0 amide bonds. The van der Waals surface area contributed by atoms with Gasteiger partial charge in [0.05, 0.1) is 5.66 Å². The number of hydrogen-bond donors (Lipinski definition) is 2. The van der Waals surface area contributed by atoms with E-state index in [-0.39, 0.29) is 5.66 Å². The summed E-state index contributed by atoms with van der Waals surface area (Å²) in [5.41, 5.74) is 6.45. The average Bonchev–Trinajstić information content (AvgIpc) is 2.45. The summed E-state index contributed by atoms with van der Waals surface area (Å²) in [5, 5.41) is 0. The monoisotopic (exact) mass is 132 g/mol. The van der Waals surface area contributed by atoms with Gasteiger partial charge in [-0.2, -0.15) is 11.8 Å². The molecule has 0 bridgehead atoms. The molecule has 1 aliphatic rings. The van der Waals surface area contributed by atoms with Crippen LogP contribution in [0.1, 0.15) is 13.3 Å². The second kappa shape index (κ2) is 2.25. The van der Waals surface area contributed by atoms with Crippen LogP contribution in [0.3, 0.4) is 0 Å². The standard InChI is InChI=1S/C5H12N2S/c1-5(6-7-5)3-4-8-2/h6-7H,3-4H2,1-2H3. The first-order valence-corrected chi connectivity index (χ1v) is 4.19. The molecule has 0 atom stereocenters. The lowest BCUT2D eigenvalue weighted by Crippen LogP contribution is -2.11. The van der Waals surface area contributed by atoms with Gasteiger partial charge in [0, 0.05) is 0 Å². The molecule has 0 aromatic heterocycles. The van der Waals surface area contributed by atoms with Crippen molar-refractivity contribution in [2.45, 2.75) is 19.0 Å². The van der Waals surface area contributed by atoms with Crippen LogP contribution in [0.4, 0.5) is 0 Å². The predicted octanol–water partition coefficient (Wildman–Crippen LogP) is 0.564. The lowest BCUT2D eigenvalue weighted by molar-refractivity contribution is 0.652. The number of rotatable bonds is 3. The van der Waals surface area contributed by atoms with Crippen LogP contribution in [0.25, 0.3) is 0 Å². The van der Waals surface area contributed by atoms with Crippen LogP contribution in [0.15, 0.2) is 0 Å². The van der Waals surface area contributed by atoms with E-state index in [1.807, 2.05) is 11.8 Å². The first kappa shape index (κ1) is 6.39. The molecule has 2 nitrogen and oxygen atoms in total. The number of thioether (sulfide) groups is 1. The number of hydrazine groups is 1. The Hall–Kier alpha value is 0.270. The van der Waals surface area contributed by atoms with Gasteiger partial charge in [-0.15, -0.1) is 0 Å². The Bertz CT molecular complexity index is 80.5. The second-order valence-corrected chi connectivity index (χ2v) is 3.31. The first-order valence-electron chi connectivity index (χ1n) is 2.80. The van der Waals surface area contributed by atoms with E-state index in [0.717, 1.165) is 0 Å². The maximum Gasteiger partial charge on any atom is 0.0923 e. The minimum Gasteiger partial charge on any atom is -0.235 e. The fourth-order valence-corrected chi connectivity index (χ4v) is 1.15. The molecule has 0 aromatic rings. The Kier molecular flexibility index (Phi) is 1.80. The maximum absolute atomic E-state index is 3.08. The molecule has 48 valence electrons. The van der Waals surface area contributed by atoms with Gasteiger partial charge >= 0.3 is 0 Å². The van der Waals surface area contributed by atoms with Gasteiger partial charge in [-0.3, -0.25) is 0 Å². The Labute approximate surface area is 54.4 Å². The molecule has 0 spiro atoms. The van der Waals surface area contributed by atoms with Gasteiger partial charge in [0.2, 0.25) is 0 Å². The zero-order valence-electron chi connectivity index (χ0n) is 5.32. The van der Waals surface area contributed by atoms with Gasteiger partial charge in [0.25, 0.3) is 0 Å². The molecule has 1 saturated heterocycles. The van der Waals surface area contributed by atoms with Crippen LogP contribution in [-0.4, -0.2) is 17.7 Å². The Balaban J connectivity index is 2.01. The van der Waals surface area contributed by atoms with Crippen molar-refractivity contribution in [2.24, 2.45) is 0 Å². The molecule has 0 aromatic carbocycles. The van der Waals surface area contributed by atoms with Gasteiger partial charge in [-0.05, 0) is 25.4 Å². The summed E-state index contributed by atoms with van der Waals surface area (Å²) < 4.78 is 0. The van der Waals surface area contributed by atoms with E-state index in [1.165, 1.54) is 12.2 Å². The van der Waals surface area contributed by atoms with E-state index in [4.69, 9.17) is 0 Å². The van der Waals surface area contributed by atoms with Crippen LogP contribution in [0.2, 0.25) is 0 Å². The minimum absolute atomic E-state index is 0.281. The highest BCUT2D eigenvalue weighted by Gasteiger charge is 2.34. The number of nitrogens with one attached hydrogen (secondary N) is 2. The van der Waals surface area contributed by atoms with Crippen molar-refractivity contribution in [1.82, 2.24) is 10.9 Å². The first-order chi connectivity index (χ1) is 3.77. The van der Waals surface area contributed by atoms with Crippen molar-refractivity contribution in [3.63, 3.8) is 0 Å². The molecule has 0 unspecified atom stereocenters. The zero-order valence-corrected chi connectivity index (χ0v) is 6.14. The Morgan fingerprint density at radius 2 is 2.12 bits per heavy atom. The fraction of sp³-hybridized carbons (Fsp3) is 1.00. The second-order valence-electron chi connectivity index (χ2n) is 2.32. The van der Waals surface area contributed by atoms with Gasteiger partial charge in [-0.25, -0.2) is 10.9 Å². The van der Waals surface area contributed by atoms with Crippen molar-refractivity contribution >= 4 is 11.8 Å². The Morgan fingerprint density at radius 3 is 2.50 bits per heavy atom. The molecule has 2 N–H and O–H groups in total. The van der Waals surface area contributed by atoms with Crippen LogP contribution >= 0.6 is 11.8 Å². The van der Waals surface area contributed by atoms with E-state index in [1.54, 1.807) is 0 Å². The van der Waals surface area contributed by atoms with Crippen LogP contribution in [0, 0.1) is 0 Å². The van der Waals surface area contributed by atoms with Crippen LogP contribution < -0.4 is 10.9 Å². The minimum atomic E-state index is 0.281. The summed E-state index contributed by atoms with van der Waals surface area (Å²) in [7, 11) is 0.